The molecule has 7 nitrogen and oxygen atoms in total. The minimum absolute atomic E-state index is 0.114. The second kappa shape index (κ2) is 5.51. The number of thiophene rings is 1. The number of sulfonamides is 1. The number of rotatable bonds is 3. The van der Waals surface area contributed by atoms with Crippen LogP contribution in [0.5, 0.6) is 0 Å². The summed E-state index contributed by atoms with van der Waals surface area (Å²) in [5.74, 6) is -1.31. The highest BCUT2D eigenvalue weighted by Crippen LogP contribution is 2.19. The summed E-state index contributed by atoms with van der Waals surface area (Å²) in [6.45, 7) is 1.15. The van der Waals surface area contributed by atoms with E-state index in [1.807, 2.05) is 0 Å². The van der Waals surface area contributed by atoms with Crippen molar-refractivity contribution in [2.24, 2.45) is 0 Å². The van der Waals surface area contributed by atoms with Crippen LogP contribution in [0.15, 0.2) is 12.1 Å². The lowest BCUT2D eigenvalue weighted by molar-refractivity contribution is 0.0696. The smallest absolute Gasteiger partial charge is 0.345 e. The van der Waals surface area contributed by atoms with Crippen molar-refractivity contribution >= 4 is 33.2 Å². The third-order valence-electron chi connectivity index (χ3n) is 3.02. The van der Waals surface area contributed by atoms with Crippen LogP contribution in [0.3, 0.4) is 0 Å². The van der Waals surface area contributed by atoms with Crippen molar-refractivity contribution in [2.45, 2.75) is 0 Å². The van der Waals surface area contributed by atoms with Crippen LogP contribution in [0, 0.1) is 0 Å². The van der Waals surface area contributed by atoms with Crippen LogP contribution in [0.25, 0.3) is 0 Å². The SMILES string of the molecule is CS(=O)(=O)N1CCN(C(=O)c2ccc(C(=O)O)s2)CC1. The first-order valence-corrected chi connectivity index (χ1v) is 8.53. The van der Waals surface area contributed by atoms with Crippen LogP contribution in [-0.2, 0) is 10.0 Å². The van der Waals surface area contributed by atoms with Gasteiger partial charge in [0.05, 0.1) is 11.1 Å². The van der Waals surface area contributed by atoms with Crippen LogP contribution in [0.4, 0.5) is 0 Å². The maximum Gasteiger partial charge on any atom is 0.345 e. The minimum atomic E-state index is -3.23. The summed E-state index contributed by atoms with van der Waals surface area (Å²) in [6.07, 6.45) is 1.14. The monoisotopic (exact) mass is 318 g/mol. The molecule has 0 bridgehead atoms. The van der Waals surface area contributed by atoms with Crippen molar-refractivity contribution < 1.29 is 23.1 Å². The van der Waals surface area contributed by atoms with Gasteiger partial charge in [-0.05, 0) is 12.1 Å². The van der Waals surface area contributed by atoms with E-state index in [1.165, 1.54) is 16.4 Å². The fourth-order valence-electron chi connectivity index (χ4n) is 1.95. The molecule has 1 fully saturated rings. The predicted octanol–water partition coefficient (Wildman–Crippen LogP) is 0.164. The van der Waals surface area contributed by atoms with Gasteiger partial charge in [-0.1, -0.05) is 0 Å². The number of amides is 1. The van der Waals surface area contributed by atoms with Gasteiger partial charge < -0.3 is 10.0 Å². The van der Waals surface area contributed by atoms with E-state index < -0.39 is 16.0 Å². The van der Waals surface area contributed by atoms with Gasteiger partial charge in [-0.2, -0.15) is 4.31 Å². The summed E-state index contributed by atoms with van der Waals surface area (Å²) in [5, 5.41) is 8.83. The Kier molecular flexibility index (Phi) is 4.11. The average Bonchev–Trinajstić information content (AvgIpc) is 2.86. The van der Waals surface area contributed by atoms with Crippen LogP contribution >= 0.6 is 11.3 Å². The zero-order valence-electron chi connectivity index (χ0n) is 10.8. The Morgan fingerprint density at radius 3 is 2.15 bits per heavy atom. The second-order valence-corrected chi connectivity index (χ2v) is 7.49. The van der Waals surface area contributed by atoms with Crippen molar-refractivity contribution in [3.8, 4) is 0 Å². The highest BCUT2D eigenvalue weighted by Gasteiger charge is 2.27. The predicted molar refractivity (Wildman–Crippen MR) is 73.6 cm³/mol. The van der Waals surface area contributed by atoms with E-state index in [2.05, 4.69) is 0 Å². The van der Waals surface area contributed by atoms with E-state index in [-0.39, 0.29) is 23.9 Å². The van der Waals surface area contributed by atoms with Crippen molar-refractivity contribution in [3.63, 3.8) is 0 Å². The Hall–Kier alpha value is -1.45. The van der Waals surface area contributed by atoms with Gasteiger partial charge in [0.15, 0.2) is 0 Å². The topological polar surface area (TPSA) is 95.0 Å². The molecule has 0 aromatic carbocycles. The molecule has 1 aliphatic heterocycles. The van der Waals surface area contributed by atoms with Gasteiger partial charge in [0.25, 0.3) is 5.91 Å². The first-order chi connectivity index (χ1) is 9.29. The molecule has 2 heterocycles. The van der Waals surface area contributed by atoms with Crippen molar-refractivity contribution in [1.29, 1.82) is 0 Å². The maximum atomic E-state index is 12.2. The lowest BCUT2D eigenvalue weighted by atomic mass is 10.3. The molecule has 0 radical (unpaired) electrons. The van der Waals surface area contributed by atoms with Gasteiger partial charge in [0.2, 0.25) is 10.0 Å². The molecule has 1 aromatic heterocycles. The lowest BCUT2D eigenvalue weighted by Crippen LogP contribution is -2.50. The summed E-state index contributed by atoms with van der Waals surface area (Å²) in [4.78, 5) is 25.0. The van der Waals surface area contributed by atoms with Crippen LogP contribution in [0.1, 0.15) is 19.3 Å². The van der Waals surface area contributed by atoms with Crippen molar-refractivity contribution in [2.75, 3.05) is 32.4 Å². The van der Waals surface area contributed by atoms with E-state index in [0.29, 0.717) is 18.0 Å². The number of aromatic carboxylic acids is 1. The molecule has 0 saturated carbocycles. The molecule has 9 heteroatoms. The summed E-state index contributed by atoms with van der Waals surface area (Å²) in [7, 11) is -3.23. The summed E-state index contributed by atoms with van der Waals surface area (Å²) < 4.78 is 24.1. The Bertz CT molecular complexity index is 629. The van der Waals surface area contributed by atoms with Gasteiger partial charge in [0, 0.05) is 26.2 Å². The van der Waals surface area contributed by atoms with E-state index in [0.717, 1.165) is 17.6 Å². The van der Waals surface area contributed by atoms with Gasteiger partial charge in [-0.15, -0.1) is 11.3 Å². The van der Waals surface area contributed by atoms with Gasteiger partial charge in [-0.3, -0.25) is 4.79 Å². The quantitative estimate of drug-likeness (QED) is 0.857. The molecule has 0 atom stereocenters. The molecular weight excluding hydrogens is 304 g/mol. The number of carboxylic acid groups (broad SMARTS) is 1. The van der Waals surface area contributed by atoms with E-state index >= 15 is 0 Å². The third kappa shape index (κ3) is 3.17. The number of hydrogen-bond acceptors (Lipinski definition) is 5. The number of carboxylic acids is 1. The third-order valence-corrected chi connectivity index (χ3v) is 5.39. The Labute approximate surface area is 120 Å². The molecule has 1 N–H and O–H groups in total. The Balaban J connectivity index is 2.03. The molecule has 110 valence electrons. The molecule has 20 heavy (non-hydrogen) atoms. The standard InChI is InChI=1S/C11H14N2O5S2/c1-20(17,18)13-6-4-12(5-7-13)10(14)8-2-3-9(19-8)11(15)16/h2-3H,4-7H2,1H3,(H,15,16). The molecule has 1 amide bonds. The minimum Gasteiger partial charge on any atom is -0.477 e. The molecule has 1 saturated heterocycles. The van der Waals surface area contributed by atoms with Crippen molar-refractivity contribution in [1.82, 2.24) is 9.21 Å². The summed E-state index contributed by atoms with van der Waals surface area (Å²) in [6, 6.07) is 2.88. The van der Waals surface area contributed by atoms with Gasteiger partial charge in [-0.25, -0.2) is 13.2 Å². The number of nitrogens with zero attached hydrogens (tertiary/aromatic N) is 2. The van der Waals surface area contributed by atoms with Crippen LogP contribution in [-0.4, -0.2) is 67.0 Å². The number of carbonyl (C=O) groups is 2. The summed E-state index contributed by atoms with van der Waals surface area (Å²) >= 11 is 0.926. The highest BCUT2D eigenvalue weighted by atomic mass is 32.2. The van der Waals surface area contributed by atoms with Gasteiger partial charge >= 0.3 is 5.97 Å². The molecule has 0 unspecified atom stereocenters. The Morgan fingerprint density at radius 1 is 1.15 bits per heavy atom. The Morgan fingerprint density at radius 2 is 1.70 bits per heavy atom. The fraction of sp³-hybridized carbons (Fsp3) is 0.455. The van der Waals surface area contributed by atoms with E-state index in [1.54, 1.807) is 4.90 Å². The molecule has 1 aliphatic rings. The molecule has 0 aliphatic carbocycles. The van der Waals surface area contributed by atoms with E-state index in [9.17, 15) is 18.0 Å². The highest BCUT2D eigenvalue weighted by molar-refractivity contribution is 7.88. The zero-order chi connectivity index (χ0) is 14.9. The molecule has 1 aromatic rings. The number of hydrogen-bond donors (Lipinski definition) is 1. The normalized spacial score (nSPS) is 17.1. The molecular formula is C11H14N2O5S2. The van der Waals surface area contributed by atoms with E-state index in [4.69, 9.17) is 5.11 Å². The number of carbonyl (C=O) groups excluding carboxylic acids is 1. The first-order valence-electron chi connectivity index (χ1n) is 5.86. The van der Waals surface area contributed by atoms with Crippen molar-refractivity contribution in [3.05, 3.63) is 21.9 Å². The van der Waals surface area contributed by atoms with Crippen LogP contribution in [0.2, 0.25) is 0 Å². The molecule has 0 spiro atoms. The summed E-state index contributed by atoms with van der Waals surface area (Å²) in [5.41, 5.74) is 0. The van der Waals surface area contributed by atoms with Crippen LogP contribution < -0.4 is 0 Å². The van der Waals surface area contributed by atoms with Gasteiger partial charge in [0.1, 0.15) is 4.88 Å². The molecule has 2 rings (SSSR count). The average molecular weight is 318 g/mol. The maximum absolute atomic E-state index is 12.2. The first kappa shape index (κ1) is 14.9. The lowest BCUT2D eigenvalue weighted by Gasteiger charge is -2.32. The fourth-order valence-corrected chi connectivity index (χ4v) is 3.59. The second-order valence-electron chi connectivity index (χ2n) is 4.42. The number of piperazine rings is 1. The zero-order valence-corrected chi connectivity index (χ0v) is 12.4. The largest absolute Gasteiger partial charge is 0.477 e.